The van der Waals surface area contributed by atoms with Gasteiger partial charge in [0, 0.05) is 10.6 Å². The Morgan fingerprint density at radius 2 is 1.69 bits per heavy atom. The van der Waals surface area contributed by atoms with Crippen molar-refractivity contribution in [1.82, 2.24) is 0 Å². The number of unbranched alkanes of at least 4 members (excludes halogenated alkanes) is 6. The van der Waals surface area contributed by atoms with Crippen LogP contribution in [0.15, 0.2) is 24.3 Å². The van der Waals surface area contributed by atoms with Crippen LogP contribution >= 0.6 is 11.6 Å². The molecule has 0 amide bonds. The molecule has 1 aromatic rings. The second kappa shape index (κ2) is 9.50. The molecule has 1 N–H and O–H groups in total. The van der Waals surface area contributed by atoms with Crippen LogP contribution in [0.5, 0.6) is 0 Å². The molecule has 168 valence electrons. The summed E-state index contributed by atoms with van der Waals surface area (Å²) in [7, 11) is 0. The fraction of sp³-hybridized carbons (Fsp3) is 0.600. The van der Waals surface area contributed by atoms with Gasteiger partial charge in [-0.15, -0.1) is 0 Å². The third-order valence-corrected chi connectivity index (χ3v) is 7.31. The summed E-state index contributed by atoms with van der Waals surface area (Å²) in [5, 5.41) is 39.7. The summed E-state index contributed by atoms with van der Waals surface area (Å²) in [6.45, 7) is 3.89. The van der Waals surface area contributed by atoms with Crippen molar-refractivity contribution in [2.45, 2.75) is 77.1 Å². The van der Waals surface area contributed by atoms with E-state index in [-0.39, 0.29) is 0 Å². The van der Waals surface area contributed by atoms with Gasteiger partial charge >= 0.3 is 0 Å². The molecule has 6 nitrogen and oxygen atoms in total. The van der Waals surface area contributed by atoms with Crippen molar-refractivity contribution >= 4 is 17.5 Å². The van der Waals surface area contributed by atoms with Crippen molar-refractivity contribution in [2.75, 3.05) is 0 Å². The number of benzene rings is 1. The van der Waals surface area contributed by atoms with E-state index in [1.54, 1.807) is 31.2 Å². The molecule has 2 bridgehead atoms. The Morgan fingerprint density at radius 1 is 1.03 bits per heavy atom. The SMILES string of the molecule is CCCCCCCCCC1OC2(c3cccc(Cl)c3)OC(=N)C(C#N)(C2C)C1(C#N)C#N. The molecule has 3 rings (SSSR count). The first kappa shape index (κ1) is 24.1. The molecule has 0 aromatic heterocycles. The number of fused-ring (bicyclic) bond motifs is 2. The zero-order valence-corrected chi connectivity index (χ0v) is 19.4. The average Bonchev–Trinajstić information content (AvgIpc) is 2.95. The van der Waals surface area contributed by atoms with Gasteiger partial charge in [-0.3, -0.25) is 5.41 Å². The number of halogens is 1. The number of nitrogens with one attached hydrogen (secondary N) is 1. The Hall–Kier alpha value is -2.59. The van der Waals surface area contributed by atoms with Crippen LogP contribution in [0.4, 0.5) is 0 Å². The minimum Gasteiger partial charge on any atom is -0.443 e. The van der Waals surface area contributed by atoms with Crippen LogP contribution in [0.25, 0.3) is 0 Å². The predicted molar refractivity (Wildman–Crippen MR) is 120 cm³/mol. The van der Waals surface area contributed by atoms with E-state index in [1.807, 2.05) is 0 Å². The number of rotatable bonds is 9. The number of nitriles is 3. The lowest BCUT2D eigenvalue weighted by molar-refractivity contribution is -0.286. The van der Waals surface area contributed by atoms with Crippen molar-refractivity contribution < 1.29 is 9.47 Å². The van der Waals surface area contributed by atoms with Crippen LogP contribution in [0, 0.1) is 56.2 Å². The van der Waals surface area contributed by atoms with Crippen molar-refractivity contribution in [2.24, 2.45) is 16.7 Å². The van der Waals surface area contributed by atoms with Crippen LogP contribution in [-0.4, -0.2) is 12.0 Å². The summed E-state index contributed by atoms with van der Waals surface area (Å²) in [5.41, 5.74) is -2.99. The van der Waals surface area contributed by atoms with E-state index in [2.05, 4.69) is 25.1 Å². The Bertz CT molecular complexity index is 977. The largest absolute Gasteiger partial charge is 0.443 e. The highest BCUT2D eigenvalue weighted by atomic mass is 35.5. The molecule has 2 saturated heterocycles. The van der Waals surface area contributed by atoms with Gasteiger partial charge in [0.1, 0.15) is 0 Å². The lowest BCUT2D eigenvalue weighted by atomic mass is 9.53. The van der Waals surface area contributed by atoms with Crippen molar-refractivity contribution in [3.63, 3.8) is 0 Å². The minimum absolute atomic E-state index is 0.391. The molecule has 2 aliphatic rings. The van der Waals surface area contributed by atoms with Crippen LogP contribution in [0.1, 0.15) is 70.8 Å². The maximum Gasteiger partial charge on any atom is 0.243 e. The Kier molecular flexibility index (Phi) is 7.14. The molecule has 0 saturated carbocycles. The molecular weight excluding hydrogens is 424 g/mol. The highest BCUT2D eigenvalue weighted by Gasteiger charge is 2.79. The van der Waals surface area contributed by atoms with Gasteiger partial charge in [-0.1, -0.05) is 82.5 Å². The molecule has 0 radical (unpaired) electrons. The van der Waals surface area contributed by atoms with Crippen molar-refractivity contribution in [3.05, 3.63) is 34.9 Å². The van der Waals surface area contributed by atoms with E-state index in [1.165, 1.54) is 19.3 Å². The molecular formula is C25H29ClN4O2. The summed E-state index contributed by atoms with van der Waals surface area (Å²) >= 11 is 6.22. The molecule has 2 fully saturated rings. The Labute approximate surface area is 195 Å². The van der Waals surface area contributed by atoms with Crippen LogP contribution in [-0.2, 0) is 15.3 Å². The number of nitrogens with zero attached hydrogens (tertiary/aromatic N) is 3. The monoisotopic (exact) mass is 452 g/mol. The highest BCUT2D eigenvalue weighted by molar-refractivity contribution is 6.30. The highest BCUT2D eigenvalue weighted by Crippen LogP contribution is 2.66. The predicted octanol–water partition coefficient (Wildman–Crippen LogP) is 6.22. The molecule has 7 heteroatoms. The fourth-order valence-electron chi connectivity index (χ4n) is 5.23. The van der Waals surface area contributed by atoms with E-state index >= 15 is 0 Å². The molecule has 4 unspecified atom stereocenters. The molecule has 1 aromatic carbocycles. The maximum absolute atomic E-state index is 10.3. The second-order valence-electron chi connectivity index (χ2n) is 8.80. The average molecular weight is 453 g/mol. The van der Waals surface area contributed by atoms with Gasteiger partial charge in [-0.05, 0) is 18.6 Å². The lowest BCUT2D eigenvalue weighted by Gasteiger charge is -2.48. The minimum atomic E-state index is -1.83. The number of hydrogen-bond acceptors (Lipinski definition) is 6. The van der Waals surface area contributed by atoms with Gasteiger partial charge in [-0.2, -0.15) is 15.8 Å². The van der Waals surface area contributed by atoms with E-state index in [9.17, 15) is 15.8 Å². The third kappa shape index (κ3) is 3.45. The summed E-state index contributed by atoms with van der Waals surface area (Å²) in [4.78, 5) is 0. The molecule has 2 heterocycles. The summed E-state index contributed by atoms with van der Waals surface area (Å²) in [6, 6.07) is 13.3. The second-order valence-corrected chi connectivity index (χ2v) is 9.24. The number of ether oxygens (including phenoxy) is 2. The molecule has 32 heavy (non-hydrogen) atoms. The third-order valence-electron chi connectivity index (χ3n) is 7.08. The van der Waals surface area contributed by atoms with E-state index in [0.717, 1.165) is 25.7 Å². The van der Waals surface area contributed by atoms with Gasteiger partial charge in [0.15, 0.2) is 10.8 Å². The summed E-state index contributed by atoms with van der Waals surface area (Å²) in [6.07, 6.45) is 7.12. The fourth-order valence-corrected chi connectivity index (χ4v) is 5.42. The molecule has 2 aliphatic heterocycles. The zero-order valence-electron chi connectivity index (χ0n) is 18.7. The summed E-state index contributed by atoms with van der Waals surface area (Å²) < 4.78 is 12.4. The molecule has 0 spiro atoms. The smallest absolute Gasteiger partial charge is 0.243 e. The van der Waals surface area contributed by atoms with E-state index in [0.29, 0.717) is 17.0 Å². The van der Waals surface area contributed by atoms with Gasteiger partial charge in [0.05, 0.1) is 30.2 Å². The van der Waals surface area contributed by atoms with Gasteiger partial charge < -0.3 is 9.47 Å². The Balaban J connectivity index is 1.96. The first-order chi connectivity index (χ1) is 15.4. The van der Waals surface area contributed by atoms with Crippen molar-refractivity contribution in [3.8, 4) is 18.2 Å². The number of hydrogen-bond donors (Lipinski definition) is 1. The van der Waals surface area contributed by atoms with Crippen LogP contribution < -0.4 is 0 Å². The first-order valence-electron chi connectivity index (χ1n) is 11.3. The van der Waals surface area contributed by atoms with Crippen LogP contribution in [0.2, 0.25) is 5.02 Å². The van der Waals surface area contributed by atoms with Gasteiger partial charge in [0.2, 0.25) is 11.7 Å². The lowest BCUT2D eigenvalue weighted by Crippen LogP contribution is -2.60. The topological polar surface area (TPSA) is 114 Å². The zero-order chi connectivity index (χ0) is 23.4. The van der Waals surface area contributed by atoms with Gasteiger partial charge in [0.25, 0.3) is 0 Å². The first-order valence-corrected chi connectivity index (χ1v) is 11.7. The van der Waals surface area contributed by atoms with E-state index in [4.69, 9.17) is 26.5 Å². The molecule has 0 aliphatic carbocycles. The Morgan fingerprint density at radius 3 is 2.28 bits per heavy atom. The van der Waals surface area contributed by atoms with Crippen LogP contribution in [0.3, 0.4) is 0 Å². The van der Waals surface area contributed by atoms with Crippen molar-refractivity contribution in [1.29, 1.82) is 21.2 Å². The molecule has 4 atom stereocenters. The quantitative estimate of drug-likeness (QED) is 0.446. The normalized spacial score (nSPS) is 30.1. The van der Waals surface area contributed by atoms with E-state index < -0.39 is 34.5 Å². The van der Waals surface area contributed by atoms with Gasteiger partial charge in [-0.25, -0.2) is 0 Å². The summed E-state index contributed by atoms with van der Waals surface area (Å²) in [5.74, 6) is -2.59. The standard InChI is InChI=1S/C25H29ClN4O2/c1-3-4-5-6-7-8-9-13-21-23(15-27,16-28)24(17-29)18(2)25(31-21,32-22(24)30)19-11-10-12-20(26)14-19/h10-12,14,18,21,30H,3-9,13H2,1-2H3. The maximum atomic E-state index is 10.3.